The zero-order valence-corrected chi connectivity index (χ0v) is 11.0. The molecule has 1 saturated heterocycles. The summed E-state index contributed by atoms with van der Waals surface area (Å²) in [6, 6.07) is 4.80. The first-order valence-electron chi connectivity index (χ1n) is 5.81. The first kappa shape index (κ1) is 15.0. The van der Waals surface area contributed by atoms with Gasteiger partial charge in [-0.1, -0.05) is 12.1 Å². The number of benzene rings is 1. The normalized spacial score (nSPS) is 23.4. The van der Waals surface area contributed by atoms with Gasteiger partial charge in [0.2, 0.25) is 0 Å². The Morgan fingerprint density at radius 3 is 2.55 bits per heavy atom. The highest BCUT2D eigenvalue weighted by Gasteiger charge is 2.31. The van der Waals surface area contributed by atoms with Crippen LogP contribution in [0, 0.1) is 0 Å². The van der Waals surface area contributed by atoms with Gasteiger partial charge in [-0.25, -0.2) is 0 Å². The van der Waals surface area contributed by atoms with Gasteiger partial charge in [-0.3, -0.25) is 10.1 Å². The summed E-state index contributed by atoms with van der Waals surface area (Å²) in [5, 5.41) is 11.6. The molecule has 0 spiro atoms. The largest absolute Gasteiger partial charge is 0.573 e. The number of alkyl halides is 3. The number of ether oxygens (including phenoxy) is 1. The second-order valence-electron chi connectivity index (χ2n) is 4.21. The average molecular weight is 307 g/mol. The van der Waals surface area contributed by atoms with Crippen LogP contribution in [-0.2, 0) is 4.79 Å². The Kier molecular flexibility index (Phi) is 4.44. The molecule has 1 heterocycles. The summed E-state index contributed by atoms with van der Waals surface area (Å²) in [6.45, 7) is 0. The summed E-state index contributed by atoms with van der Waals surface area (Å²) in [6.07, 6.45) is -4.19. The standard InChI is InChI=1S/C12H12F3NO3S/c13-12(14,15)19-8-3-1-7(2-4-8)10-16-9(11(17)18)5-6-20-10/h1-4,9-10,16H,5-6H2,(H,17,18). The molecule has 1 aliphatic heterocycles. The minimum Gasteiger partial charge on any atom is -0.480 e. The molecule has 0 saturated carbocycles. The quantitative estimate of drug-likeness (QED) is 0.899. The predicted octanol–water partition coefficient (Wildman–Crippen LogP) is 2.76. The lowest BCUT2D eigenvalue weighted by atomic mass is 10.1. The molecule has 1 aromatic carbocycles. The molecule has 1 aromatic rings. The highest BCUT2D eigenvalue weighted by molar-refractivity contribution is 7.99. The molecular weight excluding hydrogens is 295 g/mol. The van der Waals surface area contributed by atoms with Crippen molar-refractivity contribution in [2.45, 2.75) is 24.2 Å². The first-order valence-corrected chi connectivity index (χ1v) is 6.86. The van der Waals surface area contributed by atoms with Crippen molar-refractivity contribution in [2.75, 3.05) is 5.75 Å². The molecular formula is C12H12F3NO3S. The van der Waals surface area contributed by atoms with E-state index in [1.54, 1.807) is 0 Å². The van der Waals surface area contributed by atoms with E-state index in [0.717, 1.165) is 5.56 Å². The van der Waals surface area contributed by atoms with Crippen molar-refractivity contribution in [3.8, 4) is 5.75 Å². The van der Waals surface area contributed by atoms with Crippen LogP contribution in [0.4, 0.5) is 13.2 Å². The molecule has 8 heteroatoms. The summed E-state index contributed by atoms with van der Waals surface area (Å²) >= 11 is 1.52. The van der Waals surface area contributed by atoms with Crippen molar-refractivity contribution < 1.29 is 27.8 Å². The van der Waals surface area contributed by atoms with Crippen molar-refractivity contribution in [1.29, 1.82) is 0 Å². The Bertz CT molecular complexity index is 478. The molecule has 0 aliphatic carbocycles. The van der Waals surface area contributed by atoms with E-state index in [1.165, 1.54) is 36.0 Å². The van der Waals surface area contributed by atoms with Gasteiger partial charge >= 0.3 is 12.3 Å². The molecule has 0 amide bonds. The third kappa shape index (κ3) is 4.04. The molecule has 2 unspecified atom stereocenters. The molecule has 110 valence electrons. The summed E-state index contributed by atoms with van der Waals surface area (Å²) in [5.41, 5.74) is 0.718. The van der Waals surface area contributed by atoms with Crippen molar-refractivity contribution in [2.24, 2.45) is 0 Å². The van der Waals surface area contributed by atoms with Crippen LogP contribution in [0.2, 0.25) is 0 Å². The number of nitrogens with one attached hydrogen (secondary N) is 1. The van der Waals surface area contributed by atoms with Gasteiger partial charge in [0.15, 0.2) is 0 Å². The number of carbonyl (C=O) groups is 1. The fraction of sp³-hybridized carbons (Fsp3) is 0.417. The van der Waals surface area contributed by atoms with E-state index in [1.807, 2.05) is 0 Å². The molecule has 1 aliphatic rings. The minimum absolute atomic E-state index is 0.246. The molecule has 2 N–H and O–H groups in total. The molecule has 2 atom stereocenters. The Morgan fingerprint density at radius 2 is 2.00 bits per heavy atom. The fourth-order valence-electron chi connectivity index (χ4n) is 1.85. The van der Waals surface area contributed by atoms with Gasteiger partial charge < -0.3 is 9.84 Å². The molecule has 0 radical (unpaired) electrons. The number of aliphatic carboxylic acids is 1. The van der Waals surface area contributed by atoms with E-state index in [4.69, 9.17) is 5.11 Å². The maximum absolute atomic E-state index is 12.0. The Morgan fingerprint density at radius 1 is 1.35 bits per heavy atom. The van der Waals surface area contributed by atoms with Gasteiger partial charge in [-0.15, -0.1) is 24.9 Å². The molecule has 0 bridgehead atoms. The third-order valence-electron chi connectivity index (χ3n) is 2.76. The second kappa shape index (κ2) is 5.92. The van der Waals surface area contributed by atoms with Crippen LogP contribution in [0.3, 0.4) is 0 Å². The molecule has 0 aromatic heterocycles. The van der Waals surface area contributed by atoms with Gasteiger partial charge in [-0.2, -0.15) is 0 Å². The van der Waals surface area contributed by atoms with E-state index in [0.29, 0.717) is 12.2 Å². The Hall–Kier alpha value is -1.41. The van der Waals surface area contributed by atoms with Crippen LogP contribution < -0.4 is 10.1 Å². The third-order valence-corrected chi connectivity index (χ3v) is 3.97. The van der Waals surface area contributed by atoms with Crippen LogP contribution in [0.5, 0.6) is 5.75 Å². The number of rotatable bonds is 3. The molecule has 1 fully saturated rings. The lowest BCUT2D eigenvalue weighted by molar-refractivity contribution is -0.274. The summed E-state index contributed by atoms with van der Waals surface area (Å²) < 4.78 is 39.9. The van der Waals surface area contributed by atoms with Crippen LogP contribution in [0.1, 0.15) is 17.4 Å². The van der Waals surface area contributed by atoms with Crippen LogP contribution in [0.25, 0.3) is 0 Å². The van der Waals surface area contributed by atoms with E-state index < -0.39 is 18.4 Å². The Labute approximate surface area is 117 Å². The summed E-state index contributed by atoms with van der Waals surface area (Å²) in [5.74, 6) is -0.542. The van der Waals surface area contributed by atoms with E-state index in [-0.39, 0.29) is 11.1 Å². The molecule has 2 rings (SSSR count). The van der Waals surface area contributed by atoms with Crippen molar-refractivity contribution in [3.05, 3.63) is 29.8 Å². The van der Waals surface area contributed by atoms with E-state index in [2.05, 4.69) is 10.1 Å². The number of hydrogen-bond donors (Lipinski definition) is 2. The number of carboxylic acids is 1. The second-order valence-corrected chi connectivity index (χ2v) is 5.43. The van der Waals surface area contributed by atoms with Gasteiger partial charge in [0, 0.05) is 0 Å². The number of halogens is 3. The highest BCUT2D eigenvalue weighted by Crippen LogP contribution is 2.33. The minimum atomic E-state index is -4.71. The lowest BCUT2D eigenvalue weighted by Crippen LogP contribution is -2.41. The maximum atomic E-state index is 12.0. The van der Waals surface area contributed by atoms with Gasteiger partial charge in [0.05, 0.1) is 5.37 Å². The fourth-order valence-corrected chi connectivity index (χ4v) is 3.07. The average Bonchev–Trinajstić information content (AvgIpc) is 2.38. The SMILES string of the molecule is O=C(O)C1CCSC(c2ccc(OC(F)(F)F)cc2)N1. The zero-order chi connectivity index (χ0) is 14.8. The summed E-state index contributed by atoms with van der Waals surface area (Å²) in [7, 11) is 0. The summed E-state index contributed by atoms with van der Waals surface area (Å²) in [4.78, 5) is 10.9. The van der Waals surface area contributed by atoms with Crippen LogP contribution in [-0.4, -0.2) is 29.2 Å². The van der Waals surface area contributed by atoms with E-state index in [9.17, 15) is 18.0 Å². The van der Waals surface area contributed by atoms with Crippen molar-refractivity contribution in [1.82, 2.24) is 5.32 Å². The topological polar surface area (TPSA) is 58.6 Å². The van der Waals surface area contributed by atoms with Gasteiger partial charge in [-0.05, 0) is 29.9 Å². The molecule has 20 heavy (non-hydrogen) atoms. The van der Waals surface area contributed by atoms with Crippen molar-refractivity contribution in [3.63, 3.8) is 0 Å². The van der Waals surface area contributed by atoms with Crippen molar-refractivity contribution >= 4 is 17.7 Å². The zero-order valence-electron chi connectivity index (χ0n) is 10.2. The smallest absolute Gasteiger partial charge is 0.480 e. The lowest BCUT2D eigenvalue weighted by Gasteiger charge is -2.28. The molecule has 4 nitrogen and oxygen atoms in total. The monoisotopic (exact) mass is 307 g/mol. The predicted molar refractivity (Wildman–Crippen MR) is 67.5 cm³/mol. The number of thioether (sulfide) groups is 1. The number of hydrogen-bond acceptors (Lipinski definition) is 4. The van der Waals surface area contributed by atoms with E-state index >= 15 is 0 Å². The highest BCUT2D eigenvalue weighted by atomic mass is 32.2. The van der Waals surface area contributed by atoms with Crippen LogP contribution >= 0.6 is 11.8 Å². The van der Waals surface area contributed by atoms with Gasteiger partial charge in [0.1, 0.15) is 11.8 Å². The number of carboxylic acid groups (broad SMARTS) is 1. The van der Waals surface area contributed by atoms with Gasteiger partial charge in [0.25, 0.3) is 0 Å². The first-order chi connectivity index (χ1) is 9.35. The van der Waals surface area contributed by atoms with Crippen LogP contribution in [0.15, 0.2) is 24.3 Å². The maximum Gasteiger partial charge on any atom is 0.573 e. The Balaban J connectivity index is 2.04.